The average molecular weight is 566 g/mol. The van der Waals surface area contributed by atoms with Crippen LogP contribution in [0, 0.1) is 0 Å². The van der Waals surface area contributed by atoms with Crippen LogP contribution in [0.5, 0.6) is 0 Å². The first-order valence-corrected chi connectivity index (χ1v) is 13.0. The van der Waals surface area contributed by atoms with Gasteiger partial charge in [-0.05, 0) is 23.8 Å². The van der Waals surface area contributed by atoms with Crippen LogP contribution in [0.25, 0.3) is 17.2 Å². The first-order valence-electron chi connectivity index (χ1n) is 13.0. The van der Waals surface area contributed by atoms with Crippen molar-refractivity contribution in [3.05, 3.63) is 72.0 Å². The van der Waals surface area contributed by atoms with Crippen LogP contribution in [0.1, 0.15) is 15.9 Å². The minimum Gasteiger partial charge on any atom is -0.383 e. The number of pyridine rings is 1. The fraction of sp³-hybridized carbons (Fsp3) is 0.333. The van der Waals surface area contributed by atoms with Crippen molar-refractivity contribution in [2.45, 2.75) is 18.8 Å². The molecule has 1 fully saturated rings. The molecule has 0 aromatic carbocycles. The van der Waals surface area contributed by atoms with E-state index in [-0.39, 0.29) is 17.8 Å². The molecule has 2 aliphatic rings. The van der Waals surface area contributed by atoms with Gasteiger partial charge in [0.05, 0.1) is 49.3 Å². The summed E-state index contributed by atoms with van der Waals surface area (Å²) in [5.41, 5.74) is 1.33. The predicted octanol–water partition coefficient (Wildman–Crippen LogP) is 2.99. The zero-order chi connectivity index (χ0) is 28.6. The maximum atomic E-state index is 13.6. The van der Waals surface area contributed by atoms with E-state index >= 15 is 0 Å². The van der Waals surface area contributed by atoms with E-state index in [1.165, 1.54) is 16.7 Å². The molecule has 1 atom stereocenters. The zero-order valence-electron chi connectivity index (χ0n) is 22.1. The monoisotopic (exact) mass is 565 g/mol. The molecule has 4 aromatic heterocycles. The summed E-state index contributed by atoms with van der Waals surface area (Å²) < 4.78 is 48.2. The maximum Gasteiger partial charge on any atom is 0.417 e. The van der Waals surface area contributed by atoms with Crippen LogP contribution in [-0.2, 0) is 17.5 Å². The van der Waals surface area contributed by atoms with Crippen LogP contribution in [0.2, 0.25) is 0 Å². The predicted molar refractivity (Wildman–Crippen MR) is 144 cm³/mol. The minimum atomic E-state index is -4.49. The molecule has 4 aromatic rings. The fourth-order valence-electron chi connectivity index (χ4n) is 5.02. The summed E-state index contributed by atoms with van der Waals surface area (Å²) in [5.74, 6) is 0.709. The molecular formula is C27H26F3N9O2. The summed E-state index contributed by atoms with van der Waals surface area (Å²) in [5, 5.41) is 4.28. The molecule has 14 heteroatoms. The molecule has 11 nitrogen and oxygen atoms in total. The van der Waals surface area contributed by atoms with Gasteiger partial charge in [-0.15, -0.1) is 0 Å². The van der Waals surface area contributed by atoms with Crippen LogP contribution in [0.3, 0.4) is 0 Å². The number of carbonyl (C=O) groups is 1. The fourth-order valence-corrected chi connectivity index (χ4v) is 5.02. The third-order valence-electron chi connectivity index (χ3n) is 7.13. The number of hydrogen-bond acceptors (Lipinski definition) is 8. The Labute approximate surface area is 232 Å². The molecule has 2 aliphatic heterocycles. The van der Waals surface area contributed by atoms with E-state index in [2.05, 4.69) is 20.1 Å². The molecule has 41 heavy (non-hydrogen) atoms. The number of carbonyl (C=O) groups excluding carboxylic acids is 1. The molecule has 1 saturated heterocycles. The van der Waals surface area contributed by atoms with E-state index in [4.69, 9.17) is 9.72 Å². The second-order valence-corrected chi connectivity index (χ2v) is 9.67. The number of imidazole rings is 1. The van der Waals surface area contributed by atoms with Crippen molar-refractivity contribution in [2.24, 2.45) is 4.99 Å². The number of anilines is 1. The average Bonchev–Trinajstić information content (AvgIpc) is 3.76. The van der Waals surface area contributed by atoms with Gasteiger partial charge in [0, 0.05) is 51.5 Å². The van der Waals surface area contributed by atoms with Crippen molar-refractivity contribution in [1.29, 1.82) is 0 Å². The van der Waals surface area contributed by atoms with Crippen molar-refractivity contribution in [1.82, 2.24) is 34.0 Å². The van der Waals surface area contributed by atoms with E-state index in [0.717, 1.165) is 17.8 Å². The van der Waals surface area contributed by atoms with Crippen LogP contribution < -0.4 is 4.90 Å². The Kier molecular flexibility index (Phi) is 6.99. The van der Waals surface area contributed by atoms with Crippen molar-refractivity contribution in [3.63, 3.8) is 0 Å². The Morgan fingerprint density at radius 3 is 2.78 bits per heavy atom. The highest BCUT2D eigenvalue weighted by molar-refractivity contribution is 5.95. The Morgan fingerprint density at radius 1 is 1.12 bits per heavy atom. The summed E-state index contributed by atoms with van der Waals surface area (Å²) in [4.78, 5) is 35.0. The molecule has 0 spiro atoms. The first-order chi connectivity index (χ1) is 19.8. The van der Waals surface area contributed by atoms with Crippen molar-refractivity contribution in [2.75, 3.05) is 44.8 Å². The van der Waals surface area contributed by atoms with Gasteiger partial charge in [0.2, 0.25) is 0 Å². The lowest BCUT2D eigenvalue weighted by Gasteiger charge is -2.42. The van der Waals surface area contributed by atoms with Gasteiger partial charge in [0.25, 0.3) is 5.91 Å². The number of nitrogens with zero attached hydrogens (tertiary/aromatic N) is 9. The normalized spacial score (nSPS) is 17.5. The molecule has 0 bridgehead atoms. The maximum absolute atomic E-state index is 13.6. The van der Waals surface area contributed by atoms with Gasteiger partial charge in [-0.1, -0.05) is 6.08 Å². The third kappa shape index (κ3) is 5.29. The summed E-state index contributed by atoms with van der Waals surface area (Å²) >= 11 is 0. The second kappa shape index (κ2) is 10.8. The lowest BCUT2D eigenvalue weighted by Crippen LogP contribution is -2.56. The number of hydrogen-bond donors (Lipinski definition) is 0. The summed E-state index contributed by atoms with van der Waals surface area (Å²) in [6.07, 6.45) is 6.61. The van der Waals surface area contributed by atoms with Crippen molar-refractivity contribution >= 4 is 23.6 Å². The highest BCUT2D eigenvalue weighted by atomic mass is 19.4. The molecule has 0 saturated carbocycles. The summed E-state index contributed by atoms with van der Waals surface area (Å²) in [6, 6.07) is 3.78. The summed E-state index contributed by atoms with van der Waals surface area (Å²) in [7, 11) is 1.61. The van der Waals surface area contributed by atoms with Crippen LogP contribution in [-0.4, -0.2) is 92.1 Å². The smallest absolute Gasteiger partial charge is 0.383 e. The minimum absolute atomic E-state index is 0.130. The molecule has 6 heterocycles. The van der Waals surface area contributed by atoms with Crippen molar-refractivity contribution < 1.29 is 22.7 Å². The Morgan fingerprint density at radius 2 is 2.00 bits per heavy atom. The first kappa shape index (κ1) is 26.6. The number of fused-ring (bicyclic) bond motifs is 1. The molecule has 0 radical (unpaired) electrons. The molecule has 212 valence electrons. The summed E-state index contributed by atoms with van der Waals surface area (Å²) in [6.45, 7) is 2.93. The SMILES string of the molecule is COCCn1cc(C(=O)N2CCN(c3ccnc(-c4cnc5ccc(C(F)(F)F)cn45)n3)CC2C2=CCN=C2)cn1. The third-order valence-corrected chi connectivity index (χ3v) is 7.13. The Hall–Kier alpha value is -4.59. The number of amides is 1. The van der Waals surface area contributed by atoms with Gasteiger partial charge in [0.1, 0.15) is 17.2 Å². The van der Waals surface area contributed by atoms with Crippen molar-refractivity contribution in [3.8, 4) is 11.5 Å². The van der Waals surface area contributed by atoms with E-state index in [0.29, 0.717) is 62.1 Å². The topological polar surface area (TPSA) is 106 Å². The van der Waals surface area contributed by atoms with Gasteiger partial charge >= 0.3 is 6.18 Å². The zero-order valence-corrected chi connectivity index (χ0v) is 22.1. The van der Waals surface area contributed by atoms with Gasteiger partial charge < -0.3 is 14.5 Å². The number of rotatable bonds is 7. The largest absolute Gasteiger partial charge is 0.417 e. The molecule has 1 unspecified atom stereocenters. The van der Waals surface area contributed by atoms with E-state index in [9.17, 15) is 18.0 Å². The molecular weight excluding hydrogens is 539 g/mol. The van der Waals surface area contributed by atoms with Crippen LogP contribution in [0.4, 0.5) is 19.0 Å². The van der Waals surface area contributed by atoms with Gasteiger partial charge in [0.15, 0.2) is 5.82 Å². The number of piperazine rings is 1. The van der Waals surface area contributed by atoms with E-state index in [1.807, 2.05) is 15.9 Å². The van der Waals surface area contributed by atoms with Crippen LogP contribution in [0.15, 0.2) is 65.8 Å². The van der Waals surface area contributed by atoms with Gasteiger partial charge in [-0.25, -0.2) is 15.0 Å². The van der Waals surface area contributed by atoms with E-state index < -0.39 is 11.7 Å². The number of alkyl halides is 3. The number of ether oxygens (including phenoxy) is 1. The molecule has 0 aliphatic carbocycles. The number of aromatic nitrogens is 6. The molecule has 1 amide bonds. The highest BCUT2D eigenvalue weighted by Crippen LogP contribution is 2.31. The highest BCUT2D eigenvalue weighted by Gasteiger charge is 2.35. The van der Waals surface area contributed by atoms with Gasteiger partial charge in [-0.2, -0.15) is 18.3 Å². The Bertz CT molecular complexity index is 1640. The number of halogens is 3. The number of aliphatic imine (C=N–C) groups is 1. The lowest BCUT2D eigenvalue weighted by molar-refractivity contribution is -0.137. The molecule has 0 N–H and O–H groups in total. The Balaban J connectivity index is 1.27. The quantitative estimate of drug-likeness (QED) is 0.339. The van der Waals surface area contributed by atoms with Crippen LogP contribution >= 0.6 is 0 Å². The lowest BCUT2D eigenvalue weighted by atomic mass is 10.0. The standard InChI is InChI=1S/C27H26F3N9O2/c1-41-11-10-37-15-19(13-34-37)26(40)38-9-8-36(17-22(38)18-4-6-31-12-18)24-5-7-32-25(35-24)21-14-33-23-3-2-20(16-39(21)23)27(28,29)30/h2-5,7,12-16,22H,6,8-11,17H2,1H3. The second-order valence-electron chi connectivity index (χ2n) is 9.67. The van der Waals surface area contributed by atoms with E-state index in [1.54, 1.807) is 42.7 Å². The molecule has 6 rings (SSSR count). The number of methoxy groups -OCH3 is 1. The van der Waals surface area contributed by atoms with Gasteiger partial charge in [-0.3, -0.25) is 18.9 Å².